The zero-order valence-corrected chi connectivity index (χ0v) is 14.1. The van der Waals surface area contributed by atoms with Gasteiger partial charge in [0.05, 0.1) is 6.54 Å². The van der Waals surface area contributed by atoms with Crippen molar-refractivity contribution in [3.8, 4) is 0 Å². The van der Waals surface area contributed by atoms with E-state index in [9.17, 15) is 4.79 Å². The number of hydrogen-bond acceptors (Lipinski definition) is 3. The second-order valence-electron chi connectivity index (χ2n) is 5.89. The third kappa shape index (κ3) is 6.04. The number of nitrogens with one attached hydrogen (secondary N) is 1. The Kier molecular flexibility index (Phi) is 7.15. The molecule has 0 bridgehead atoms. The molecule has 0 aliphatic rings. The number of carbonyl (C=O) groups is 1. The highest BCUT2D eigenvalue weighted by molar-refractivity contribution is 6.31. The van der Waals surface area contributed by atoms with Gasteiger partial charge in [-0.1, -0.05) is 31.5 Å². The van der Waals surface area contributed by atoms with Crippen molar-refractivity contribution in [1.29, 1.82) is 0 Å². The number of rotatable bonds is 7. The average Bonchev–Trinajstić information content (AvgIpc) is 2.41. The molecule has 0 aliphatic carbocycles. The molecule has 1 atom stereocenters. The molecule has 4 nitrogen and oxygen atoms in total. The van der Waals surface area contributed by atoms with Crippen molar-refractivity contribution in [1.82, 2.24) is 4.90 Å². The van der Waals surface area contributed by atoms with Crippen LogP contribution in [0.2, 0.25) is 5.02 Å². The molecule has 3 N–H and O–H groups in total. The largest absolute Gasteiger partial charge is 0.327 e. The maximum atomic E-state index is 12.0. The number of likely N-dealkylation sites (N-methyl/N-ethyl adjacent to an activating group) is 1. The summed E-state index contributed by atoms with van der Waals surface area (Å²) >= 11 is 6.04. The number of hydrogen-bond donors (Lipinski definition) is 2. The van der Waals surface area contributed by atoms with Crippen molar-refractivity contribution in [2.24, 2.45) is 11.7 Å². The van der Waals surface area contributed by atoms with Crippen LogP contribution in [0.1, 0.15) is 25.8 Å². The number of anilines is 1. The van der Waals surface area contributed by atoms with Gasteiger partial charge in [0.15, 0.2) is 0 Å². The van der Waals surface area contributed by atoms with Crippen LogP contribution in [0.4, 0.5) is 5.69 Å². The highest BCUT2D eigenvalue weighted by atomic mass is 35.5. The third-order valence-electron chi connectivity index (χ3n) is 3.66. The first-order chi connectivity index (χ1) is 9.81. The Morgan fingerprint density at radius 2 is 2.10 bits per heavy atom. The number of amides is 1. The SMILES string of the molecule is Cc1c(Cl)cccc1NC(=O)CN(C)CCC(N)C(C)C. The monoisotopic (exact) mass is 311 g/mol. The van der Waals surface area contributed by atoms with Gasteiger partial charge < -0.3 is 11.1 Å². The Morgan fingerprint density at radius 1 is 1.43 bits per heavy atom. The van der Waals surface area contributed by atoms with Crippen molar-refractivity contribution in [3.63, 3.8) is 0 Å². The molecular formula is C16H26ClN3O. The summed E-state index contributed by atoms with van der Waals surface area (Å²) in [6.45, 7) is 7.26. The minimum atomic E-state index is -0.0408. The van der Waals surface area contributed by atoms with Crippen LogP contribution in [0.15, 0.2) is 18.2 Å². The van der Waals surface area contributed by atoms with Crippen molar-refractivity contribution in [2.45, 2.75) is 33.2 Å². The van der Waals surface area contributed by atoms with Gasteiger partial charge in [-0.3, -0.25) is 9.69 Å². The molecule has 1 aromatic carbocycles. The van der Waals surface area contributed by atoms with Crippen LogP contribution in [0.5, 0.6) is 0 Å². The predicted molar refractivity (Wildman–Crippen MR) is 89.7 cm³/mol. The predicted octanol–water partition coefficient (Wildman–Crippen LogP) is 2.89. The second kappa shape index (κ2) is 8.37. The molecule has 1 unspecified atom stereocenters. The highest BCUT2D eigenvalue weighted by Gasteiger charge is 2.12. The standard InChI is InChI=1S/C16H26ClN3O/c1-11(2)14(18)8-9-20(4)10-16(21)19-15-7-5-6-13(17)12(15)3/h5-7,11,14H,8-10,18H2,1-4H3,(H,19,21). The molecule has 0 fully saturated rings. The Balaban J connectivity index is 2.44. The second-order valence-corrected chi connectivity index (χ2v) is 6.30. The molecule has 0 aliphatic heterocycles. The lowest BCUT2D eigenvalue weighted by atomic mass is 10.0. The van der Waals surface area contributed by atoms with E-state index in [1.165, 1.54) is 0 Å². The van der Waals surface area contributed by atoms with Crippen LogP contribution in [0, 0.1) is 12.8 Å². The number of nitrogens with zero attached hydrogens (tertiary/aromatic N) is 1. The van der Waals surface area contributed by atoms with Crippen molar-refractivity contribution in [3.05, 3.63) is 28.8 Å². The molecule has 21 heavy (non-hydrogen) atoms. The molecular weight excluding hydrogens is 286 g/mol. The molecule has 118 valence electrons. The third-order valence-corrected chi connectivity index (χ3v) is 4.07. The van der Waals surface area contributed by atoms with Gasteiger partial charge in [-0.2, -0.15) is 0 Å². The summed E-state index contributed by atoms with van der Waals surface area (Å²) in [6.07, 6.45) is 0.887. The summed E-state index contributed by atoms with van der Waals surface area (Å²) in [5.74, 6) is 0.419. The first-order valence-corrected chi connectivity index (χ1v) is 7.68. The van der Waals surface area contributed by atoms with Gasteiger partial charge in [-0.25, -0.2) is 0 Å². The number of carbonyl (C=O) groups excluding carboxylic acids is 1. The first kappa shape index (κ1) is 18.0. The lowest BCUT2D eigenvalue weighted by Gasteiger charge is -2.21. The number of benzene rings is 1. The fourth-order valence-electron chi connectivity index (χ4n) is 1.96. The Morgan fingerprint density at radius 3 is 2.71 bits per heavy atom. The normalized spacial score (nSPS) is 12.8. The van der Waals surface area contributed by atoms with Crippen LogP contribution in [0.3, 0.4) is 0 Å². The van der Waals surface area contributed by atoms with E-state index in [4.69, 9.17) is 17.3 Å². The lowest BCUT2D eigenvalue weighted by Crippen LogP contribution is -2.35. The van der Waals surface area contributed by atoms with Crippen LogP contribution in [-0.4, -0.2) is 37.0 Å². The van der Waals surface area contributed by atoms with E-state index in [2.05, 4.69) is 19.2 Å². The Hall–Kier alpha value is -1.10. The molecule has 5 heteroatoms. The molecule has 1 rings (SSSR count). The first-order valence-electron chi connectivity index (χ1n) is 7.30. The Labute approximate surface area is 132 Å². The van der Waals surface area contributed by atoms with Crippen LogP contribution >= 0.6 is 11.6 Å². The minimum absolute atomic E-state index is 0.0408. The zero-order valence-electron chi connectivity index (χ0n) is 13.3. The summed E-state index contributed by atoms with van der Waals surface area (Å²) in [5.41, 5.74) is 7.66. The topological polar surface area (TPSA) is 58.4 Å². The van der Waals surface area contributed by atoms with Crippen molar-refractivity contribution >= 4 is 23.2 Å². The molecule has 1 aromatic rings. The fraction of sp³-hybridized carbons (Fsp3) is 0.562. The molecule has 0 saturated heterocycles. The molecule has 0 saturated carbocycles. The van der Waals surface area contributed by atoms with Crippen molar-refractivity contribution in [2.75, 3.05) is 25.5 Å². The minimum Gasteiger partial charge on any atom is -0.327 e. The molecule has 0 heterocycles. The number of halogens is 1. The van der Waals surface area contributed by atoms with E-state index in [0.29, 0.717) is 17.5 Å². The molecule has 0 spiro atoms. The van der Waals surface area contributed by atoms with E-state index in [0.717, 1.165) is 24.2 Å². The number of nitrogens with two attached hydrogens (primary N) is 1. The van der Waals surface area contributed by atoms with Crippen LogP contribution in [-0.2, 0) is 4.79 Å². The highest BCUT2D eigenvalue weighted by Crippen LogP contribution is 2.22. The van der Waals surface area contributed by atoms with E-state index >= 15 is 0 Å². The fourth-order valence-corrected chi connectivity index (χ4v) is 2.13. The van der Waals surface area contributed by atoms with Crippen molar-refractivity contribution < 1.29 is 4.79 Å². The van der Waals surface area contributed by atoms with Crippen LogP contribution < -0.4 is 11.1 Å². The van der Waals surface area contributed by atoms with E-state index in [1.807, 2.05) is 37.1 Å². The maximum absolute atomic E-state index is 12.0. The Bertz CT molecular complexity index is 477. The molecule has 0 aromatic heterocycles. The summed E-state index contributed by atoms with van der Waals surface area (Å²) < 4.78 is 0. The van der Waals surface area contributed by atoms with Gasteiger partial charge >= 0.3 is 0 Å². The van der Waals surface area contributed by atoms with Gasteiger partial charge in [-0.15, -0.1) is 0 Å². The van der Waals surface area contributed by atoms with Gasteiger partial charge in [0, 0.05) is 16.8 Å². The van der Waals surface area contributed by atoms with Gasteiger partial charge in [0.1, 0.15) is 0 Å². The maximum Gasteiger partial charge on any atom is 0.238 e. The molecule has 0 radical (unpaired) electrons. The van der Waals surface area contributed by atoms with Gasteiger partial charge in [0.2, 0.25) is 5.91 Å². The van der Waals surface area contributed by atoms with Gasteiger partial charge in [0.25, 0.3) is 0 Å². The average molecular weight is 312 g/mol. The van der Waals surface area contributed by atoms with E-state index in [1.54, 1.807) is 0 Å². The summed E-state index contributed by atoms with van der Waals surface area (Å²) in [5, 5.41) is 3.55. The summed E-state index contributed by atoms with van der Waals surface area (Å²) in [4.78, 5) is 14.0. The summed E-state index contributed by atoms with van der Waals surface area (Å²) in [7, 11) is 1.93. The molecule has 1 amide bonds. The van der Waals surface area contributed by atoms with Gasteiger partial charge in [-0.05, 0) is 50.6 Å². The quantitative estimate of drug-likeness (QED) is 0.814. The summed E-state index contributed by atoms with van der Waals surface area (Å²) in [6, 6.07) is 5.67. The smallest absolute Gasteiger partial charge is 0.238 e. The zero-order chi connectivity index (χ0) is 16.0. The van der Waals surface area contributed by atoms with E-state index in [-0.39, 0.29) is 11.9 Å². The lowest BCUT2D eigenvalue weighted by molar-refractivity contribution is -0.117. The van der Waals surface area contributed by atoms with Crippen LogP contribution in [0.25, 0.3) is 0 Å². The van der Waals surface area contributed by atoms with E-state index < -0.39 is 0 Å².